The fourth-order valence-corrected chi connectivity index (χ4v) is 0. The van der Waals surface area contributed by atoms with Gasteiger partial charge in [0.15, 0.2) is 0 Å². The topological polar surface area (TPSA) is 54.4 Å². The molecule has 0 aromatic carbocycles. The van der Waals surface area contributed by atoms with E-state index in [0.29, 0.717) is 0 Å². The second kappa shape index (κ2) is 16.4. The minimum atomic E-state index is -3.69. The van der Waals surface area contributed by atoms with Crippen LogP contribution in [0.15, 0.2) is 0 Å². The zero-order valence-electron chi connectivity index (χ0n) is 3.22. The summed E-state index contributed by atoms with van der Waals surface area (Å²) in [6, 6.07) is 0. The average molecular weight is 485 g/mol. The summed E-state index contributed by atoms with van der Waals surface area (Å²) >= 11 is -3.69. The Morgan fingerprint density at radius 3 is 1.29 bits per heavy atom. The van der Waals surface area contributed by atoms with Gasteiger partial charge in [0.05, 0.1) is 0 Å². The van der Waals surface area contributed by atoms with Gasteiger partial charge in [0.2, 0.25) is 0 Å². The van der Waals surface area contributed by atoms with Crippen LogP contribution in [0.4, 0.5) is 0 Å². The third kappa shape index (κ3) is 41.5. The van der Waals surface area contributed by atoms with Gasteiger partial charge in [-0.3, -0.25) is 0 Å². The molecule has 7 heteroatoms. The van der Waals surface area contributed by atoms with Crippen molar-refractivity contribution in [2.45, 2.75) is 0 Å². The monoisotopic (exact) mass is 486 g/mol. The largest absolute Gasteiger partial charge is 0 e. The molecule has 0 bridgehead atoms. The zero-order valence-corrected chi connectivity index (χ0v) is 13.3. The van der Waals surface area contributed by atoms with Gasteiger partial charge in [0.1, 0.15) is 0 Å². The second-order valence-corrected chi connectivity index (χ2v) is 0.981. The molecular formula is HGdLaO3VY. The minimum absolute atomic E-state index is 0. The van der Waals surface area contributed by atoms with Crippen LogP contribution in [0.5, 0.6) is 0 Å². The quantitative estimate of drug-likeness (QED) is 0.490. The van der Waals surface area contributed by atoms with Crippen LogP contribution in [0.25, 0.3) is 0 Å². The van der Waals surface area contributed by atoms with Crippen LogP contribution < -0.4 is 0 Å². The predicted molar refractivity (Wildman–Crippen MR) is 3.59 cm³/mol. The van der Waals surface area contributed by atoms with Crippen molar-refractivity contribution in [2.24, 2.45) is 0 Å². The number of hydrogen-bond donors (Lipinski definition) is 1. The first kappa shape index (κ1) is 22.4. The fourth-order valence-electron chi connectivity index (χ4n) is 0. The summed E-state index contributed by atoms with van der Waals surface area (Å²) in [4.78, 5) is 0. The molecule has 0 spiro atoms. The van der Waals surface area contributed by atoms with E-state index in [0.717, 1.165) is 0 Å². The summed E-state index contributed by atoms with van der Waals surface area (Å²) in [5.74, 6) is 0. The molecule has 3 nitrogen and oxygen atoms in total. The van der Waals surface area contributed by atoms with Crippen LogP contribution in [0.3, 0.4) is 0 Å². The van der Waals surface area contributed by atoms with Crippen LogP contribution in [0, 0.1) is 75.5 Å². The smallest absolute Gasteiger partial charge is 0 e. The maximum Gasteiger partial charge on any atom is 0 e. The Hall–Kier alpha value is 3.77. The van der Waals surface area contributed by atoms with Gasteiger partial charge < -0.3 is 0 Å². The Bertz CT molecular complexity index is 63.3. The predicted octanol–water partition coefficient (Wildman–Crippen LogP) is -0.800. The Morgan fingerprint density at radius 1 is 1.29 bits per heavy atom. The van der Waals surface area contributed by atoms with Crippen molar-refractivity contribution in [1.29, 1.82) is 0 Å². The van der Waals surface area contributed by atoms with Crippen molar-refractivity contribution < 1.29 is 135 Å². The van der Waals surface area contributed by atoms with E-state index in [-0.39, 0.29) is 108 Å². The molecule has 0 heterocycles. The van der Waals surface area contributed by atoms with Crippen molar-refractivity contribution in [1.82, 2.24) is 0 Å². The van der Waals surface area contributed by atoms with E-state index in [1.165, 1.54) is 0 Å². The molecule has 0 unspecified atom stereocenters. The Morgan fingerprint density at radius 2 is 1.29 bits per heavy atom. The molecule has 0 aromatic rings. The van der Waals surface area contributed by atoms with Crippen LogP contribution in [-0.4, -0.2) is 4.03 Å². The number of rotatable bonds is 0. The molecule has 7 heavy (non-hydrogen) atoms. The molecule has 0 aliphatic rings. The summed E-state index contributed by atoms with van der Waals surface area (Å²) in [5, 5.41) is 0. The molecule has 2 radical (unpaired) electrons. The van der Waals surface area contributed by atoms with E-state index < -0.39 is 15.4 Å². The standard InChI is InChI=1S/Gd.La.H2O.2O.V.Y/h;;1H2;;;;/q;;;;;+1;/p-1. The van der Waals surface area contributed by atoms with Gasteiger partial charge in [-0.25, -0.2) is 0 Å². The molecule has 0 saturated heterocycles. The summed E-state index contributed by atoms with van der Waals surface area (Å²) in [7, 11) is 0. The van der Waals surface area contributed by atoms with E-state index in [4.69, 9.17) is 11.4 Å². The van der Waals surface area contributed by atoms with E-state index in [9.17, 15) is 0 Å². The third-order valence-electron chi connectivity index (χ3n) is 0. The maximum atomic E-state index is 8.67. The summed E-state index contributed by atoms with van der Waals surface area (Å²) in [6.45, 7) is 0. The first-order valence-corrected chi connectivity index (χ1v) is 2.33. The maximum absolute atomic E-state index is 8.67. The molecule has 0 rings (SSSR count). The normalized spacial score (nSPS) is 3.57. The van der Waals surface area contributed by atoms with Crippen molar-refractivity contribution in [3.63, 3.8) is 0 Å². The number of hydrogen-bond acceptors (Lipinski definition) is 2. The molecule has 0 amide bonds. The Kier molecular flexibility index (Phi) is 52.5. The summed E-state index contributed by atoms with van der Waals surface area (Å²) in [6.07, 6.45) is 0. The van der Waals surface area contributed by atoms with Crippen molar-refractivity contribution in [3.05, 3.63) is 0 Å². The van der Waals surface area contributed by atoms with Crippen LogP contribution in [-0.2, 0) is 55.5 Å². The van der Waals surface area contributed by atoms with Crippen LogP contribution in [0.1, 0.15) is 0 Å². The van der Waals surface area contributed by atoms with Gasteiger partial charge in [-0.2, -0.15) is 0 Å². The van der Waals surface area contributed by atoms with Crippen molar-refractivity contribution in [3.8, 4) is 0 Å². The van der Waals surface area contributed by atoms with Crippen LogP contribution in [0.2, 0.25) is 0 Å². The minimum Gasteiger partial charge on any atom is 0 e. The molecule has 0 aliphatic heterocycles. The van der Waals surface area contributed by atoms with Gasteiger partial charge >= 0.3 is 26.8 Å². The fraction of sp³-hybridized carbons (Fsp3) is 0. The summed E-state index contributed by atoms with van der Waals surface area (Å²) in [5.41, 5.74) is 0. The van der Waals surface area contributed by atoms with Crippen LogP contribution >= 0.6 is 0 Å². The summed E-state index contributed by atoms with van der Waals surface area (Å²) < 4.78 is 24.4. The van der Waals surface area contributed by atoms with Gasteiger partial charge in [-0.1, -0.05) is 0 Å². The molecule has 38 valence electrons. The molecule has 0 fully saturated rings. The van der Waals surface area contributed by atoms with Gasteiger partial charge in [0, 0.05) is 108 Å². The van der Waals surface area contributed by atoms with E-state index in [1.807, 2.05) is 0 Å². The van der Waals surface area contributed by atoms with Crippen molar-refractivity contribution >= 4 is 0 Å². The second-order valence-electron chi connectivity index (χ2n) is 0.238. The molecular weight excluding hydrogens is 484 g/mol. The Balaban J connectivity index is -0.0000000150. The molecule has 0 aromatic heterocycles. The average Bonchev–Trinajstić information content (AvgIpc) is 0.811. The molecule has 0 saturated carbocycles. The van der Waals surface area contributed by atoms with E-state index in [2.05, 4.69) is 0 Å². The first-order chi connectivity index (χ1) is 1.73. The third-order valence-corrected chi connectivity index (χ3v) is 0. The molecule has 0 atom stereocenters. The molecule has 1 N–H and O–H groups in total. The van der Waals surface area contributed by atoms with Gasteiger partial charge in [0.25, 0.3) is 0 Å². The van der Waals surface area contributed by atoms with Crippen molar-refractivity contribution in [2.75, 3.05) is 0 Å². The molecule has 0 aliphatic carbocycles. The van der Waals surface area contributed by atoms with E-state index in [1.54, 1.807) is 0 Å². The SMILES string of the molecule is [Gd].[La].[O]=[V](=[O])[OH].[Y]. The Labute approximate surface area is 131 Å². The zero-order chi connectivity index (χ0) is 3.58. The van der Waals surface area contributed by atoms with Gasteiger partial charge in [-0.15, -0.1) is 0 Å². The van der Waals surface area contributed by atoms with Gasteiger partial charge in [-0.05, 0) is 0 Å². The first-order valence-electron chi connectivity index (χ1n) is 0.565. The van der Waals surface area contributed by atoms with E-state index >= 15 is 0 Å².